The third kappa shape index (κ3) is 3.28. The minimum Gasteiger partial charge on any atom is -0.389 e. The maximum atomic E-state index is 5.63. The highest BCUT2D eigenvalue weighted by molar-refractivity contribution is 9.10. The van der Waals surface area contributed by atoms with Crippen molar-refractivity contribution in [2.45, 2.75) is 6.54 Å². The van der Waals surface area contributed by atoms with Crippen LogP contribution in [0.25, 0.3) is 0 Å². The lowest BCUT2D eigenvalue weighted by molar-refractivity contribution is 0.912. The van der Waals surface area contributed by atoms with Crippen LogP contribution in [0.5, 0.6) is 0 Å². The van der Waals surface area contributed by atoms with Crippen molar-refractivity contribution in [1.29, 1.82) is 0 Å². The van der Waals surface area contributed by atoms with Crippen LogP contribution in [0.3, 0.4) is 0 Å². The number of halogens is 1. The van der Waals surface area contributed by atoms with Crippen molar-refractivity contribution in [2.24, 2.45) is 5.73 Å². The van der Waals surface area contributed by atoms with Crippen molar-refractivity contribution in [3.05, 3.63) is 45.4 Å². The van der Waals surface area contributed by atoms with E-state index in [4.69, 9.17) is 18.0 Å². The highest BCUT2D eigenvalue weighted by Gasteiger charge is 2.07. The Labute approximate surface area is 124 Å². The molecule has 2 aromatic rings. The van der Waals surface area contributed by atoms with E-state index in [-0.39, 0.29) is 0 Å². The third-order valence-electron chi connectivity index (χ3n) is 2.42. The summed E-state index contributed by atoms with van der Waals surface area (Å²) in [6, 6.07) is 7.96. The van der Waals surface area contributed by atoms with Gasteiger partial charge in [-0.2, -0.15) is 0 Å². The molecule has 1 aromatic heterocycles. The van der Waals surface area contributed by atoms with Crippen LogP contribution >= 0.6 is 39.5 Å². The van der Waals surface area contributed by atoms with Crippen LogP contribution in [0.15, 0.2) is 34.2 Å². The van der Waals surface area contributed by atoms with Crippen molar-refractivity contribution in [2.75, 3.05) is 11.9 Å². The Bertz CT molecular complexity index is 568. The SMILES string of the molecule is CN(Cc1cccc(C(N)=S)c1)c1nc(Br)cs1. The number of thiocarbonyl (C=S) groups is 1. The number of nitrogens with zero attached hydrogens (tertiary/aromatic N) is 2. The van der Waals surface area contributed by atoms with Gasteiger partial charge < -0.3 is 10.6 Å². The molecular formula is C12H12BrN3S2. The lowest BCUT2D eigenvalue weighted by atomic mass is 10.1. The second-order valence-electron chi connectivity index (χ2n) is 3.87. The van der Waals surface area contributed by atoms with Gasteiger partial charge in [-0.3, -0.25) is 0 Å². The molecule has 6 heteroatoms. The quantitative estimate of drug-likeness (QED) is 0.867. The highest BCUT2D eigenvalue weighted by atomic mass is 79.9. The van der Waals surface area contributed by atoms with Crippen LogP contribution in [-0.2, 0) is 6.54 Å². The van der Waals surface area contributed by atoms with E-state index in [2.05, 4.69) is 31.9 Å². The fourth-order valence-electron chi connectivity index (χ4n) is 1.59. The van der Waals surface area contributed by atoms with Crippen molar-refractivity contribution < 1.29 is 0 Å². The number of hydrogen-bond donors (Lipinski definition) is 1. The van der Waals surface area contributed by atoms with Gasteiger partial charge in [0.05, 0.1) is 0 Å². The molecule has 0 unspecified atom stereocenters. The predicted octanol–water partition coefficient (Wildman–Crippen LogP) is 3.18. The lowest BCUT2D eigenvalue weighted by Crippen LogP contribution is -2.17. The molecule has 18 heavy (non-hydrogen) atoms. The van der Waals surface area contributed by atoms with Crippen LogP contribution in [0.1, 0.15) is 11.1 Å². The fraction of sp³-hybridized carbons (Fsp3) is 0.167. The molecule has 0 saturated heterocycles. The fourth-order valence-corrected chi connectivity index (χ4v) is 2.93. The van der Waals surface area contributed by atoms with Crippen LogP contribution in [0.2, 0.25) is 0 Å². The Kier molecular flexibility index (Phi) is 4.31. The number of thiazole rings is 1. The van der Waals surface area contributed by atoms with Gasteiger partial charge in [0, 0.05) is 24.5 Å². The Morgan fingerprint density at radius 3 is 2.94 bits per heavy atom. The first-order valence-corrected chi connectivity index (χ1v) is 7.35. The minimum atomic E-state index is 0.427. The molecule has 0 bridgehead atoms. The summed E-state index contributed by atoms with van der Waals surface area (Å²) < 4.78 is 0.867. The molecule has 0 spiro atoms. The average Bonchev–Trinajstić information content (AvgIpc) is 2.76. The average molecular weight is 342 g/mol. The van der Waals surface area contributed by atoms with Gasteiger partial charge in [-0.15, -0.1) is 11.3 Å². The zero-order valence-corrected chi connectivity index (χ0v) is 13.0. The number of anilines is 1. The molecule has 0 saturated carbocycles. The molecule has 2 N–H and O–H groups in total. The topological polar surface area (TPSA) is 42.1 Å². The summed E-state index contributed by atoms with van der Waals surface area (Å²) in [5.74, 6) is 0. The molecule has 94 valence electrons. The summed E-state index contributed by atoms with van der Waals surface area (Å²) in [4.78, 5) is 6.89. The van der Waals surface area contributed by atoms with E-state index in [1.165, 1.54) is 0 Å². The Morgan fingerprint density at radius 1 is 1.56 bits per heavy atom. The van der Waals surface area contributed by atoms with Gasteiger partial charge in [0.2, 0.25) is 0 Å². The molecule has 1 heterocycles. The molecule has 0 fully saturated rings. The van der Waals surface area contributed by atoms with Gasteiger partial charge in [0.1, 0.15) is 9.59 Å². The first kappa shape index (κ1) is 13.5. The van der Waals surface area contributed by atoms with E-state index in [9.17, 15) is 0 Å². The van der Waals surface area contributed by atoms with Gasteiger partial charge >= 0.3 is 0 Å². The van der Waals surface area contributed by atoms with Gasteiger partial charge in [-0.1, -0.05) is 30.4 Å². The third-order valence-corrected chi connectivity index (χ3v) is 4.32. The number of hydrogen-bond acceptors (Lipinski definition) is 4. The van der Waals surface area contributed by atoms with Gasteiger partial charge in [0.15, 0.2) is 5.13 Å². The summed E-state index contributed by atoms with van der Waals surface area (Å²) >= 11 is 9.94. The Balaban J connectivity index is 2.14. The molecule has 0 aliphatic rings. The van der Waals surface area contributed by atoms with Gasteiger partial charge in [-0.25, -0.2) is 4.98 Å². The van der Waals surface area contributed by atoms with Gasteiger partial charge in [0.25, 0.3) is 0 Å². The van der Waals surface area contributed by atoms with E-state index in [1.807, 2.05) is 30.6 Å². The smallest absolute Gasteiger partial charge is 0.186 e. The molecule has 0 aliphatic carbocycles. The molecule has 0 aliphatic heterocycles. The summed E-state index contributed by atoms with van der Waals surface area (Å²) in [7, 11) is 2.01. The van der Waals surface area contributed by atoms with Crippen molar-refractivity contribution in [1.82, 2.24) is 4.98 Å². The number of benzene rings is 1. The first-order chi connectivity index (χ1) is 8.56. The lowest BCUT2D eigenvalue weighted by Gasteiger charge is -2.16. The zero-order chi connectivity index (χ0) is 13.1. The molecule has 0 amide bonds. The summed E-state index contributed by atoms with van der Waals surface area (Å²) in [5.41, 5.74) is 7.69. The van der Waals surface area contributed by atoms with Crippen LogP contribution < -0.4 is 10.6 Å². The second kappa shape index (κ2) is 5.77. The first-order valence-electron chi connectivity index (χ1n) is 5.27. The maximum Gasteiger partial charge on any atom is 0.186 e. The largest absolute Gasteiger partial charge is 0.389 e. The summed E-state index contributed by atoms with van der Waals surface area (Å²) in [5, 5.41) is 2.94. The molecule has 3 nitrogen and oxygen atoms in total. The minimum absolute atomic E-state index is 0.427. The van der Waals surface area contributed by atoms with Crippen molar-refractivity contribution >= 4 is 49.6 Å². The molecule has 0 radical (unpaired) electrons. The number of rotatable bonds is 4. The van der Waals surface area contributed by atoms with E-state index < -0.39 is 0 Å². The van der Waals surface area contributed by atoms with Crippen LogP contribution in [0, 0.1) is 0 Å². The second-order valence-corrected chi connectivity index (χ2v) is 5.96. The Morgan fingerprint density at radius 2 is 2.33 bits per heavy atom. The van der Waals surface area contributed by atoms with Crippen molar-refractivity contribution in [3.8, 4) is 0 Å². The van der Waals surface area contributed by atoms with Crippen LogP contribution in [-0.4, -0.2) is 17.0 Å². The van der Waals surface area contributed by atoms with E-state index in [1.54, 1.807) is 11.3 Å². The standard InChI is InChI=1S/C12H12BrN3S2/c1-16(12-15-10(13)7-18-12)6-8-3-2-4-9(5-8)11(14)17/h2-5,7H,6H2,1H3,(H2,14,17). The monoisotopic (exact) mass is 341 g/mol. The highest BCUT2D eigenvalue weighted by Crippen LogP contribution is 2.23. The normalized spacial score (nSPS) is 10.3. The van der Waals surface area contributed by atoms with E-state index in [0.717, 1.165) is 27.4 Å². The number of nitrogens with two attached hydrogens (primary N) is 1. The summed E-state index contributed by atoms with van der Waals surface area (Å²) in [6.45, 7) is 0.774. The Hall–Kier alpha value is -0.980. The molecule has 0 atom stereocenters. The predicted molar refractivity (Wildman–Crippen MR) is 84.3 cm³/mol. The van der Waals surface area contributed by atoms with Gasteiger partial charge in [-0.05, 0) is 27.6 Å². The van der Waals surface area contributed by atoms with E-state index >= 15 is 0 Å². The van der Waals surface area contributed by atoms with Crippen LogP contribution in [0.4, 0.5) is 5.13 Å². The number of aromatic nitrogens is 1. The van der Waals surface area contributed by atoms with E-state index in [0.29, 0.717) is 4.99 Å². The maximum absolute atomic E-state index is 5.63. The molecule has 1 aromatic carbocycles. The molecule has 2 rings (SSSR count). The molecular weight excluding hydrogens is 330 g/mol. The summed E-state index contributed by atoms with van der Waals surface area (Å²) in [6.07, 6.45) is 0. The zero-order valence-electron chi connectivity index (χ0n) is 9.76. The van der Waals surface area contributed by atoms with Crippen molar-refractivity contribution in [3.63, 3.8) is 0 Å².